The van der Waals surface area contributed by atoms with E-state index in [1.54, 1.807) is 18.6 Å². The second kappa shape index (κ2) is 9.76. The minimum atomic E-state index is -3.52. The number of benzene rings is 3. The summed E-state index contributed by atoms with van der Waals surface area (Å²) in [4.78, 5) is 13.8. The fourth-order valence-corrected chi connectivity index (χ4v) is 7.33. The molecule has 6 nitrogen and oxygen atoms in total. The van der Waals surface area contributed by atoms with Crippen molar-refractivity contribution in [1.29, 1.82) is 0 Å². The molecule has 6 rings (SSSR count). The van der Waals surface area contributed by atoms with Gasteiger partial charge in [-0.05, 0) is 0 Å². The van der Waals surface area contributed by atoms with Crippen LogP contribution in [0.25, 0.3) is 32.7 Å². The first kappa shape index (κ1) is 23.3. The Morgan fingerprint density at radius 2 is 0.784 bits per heavy atom. The molecule has 0 saturated carbocycles. The average molecular weight is 544 g/mol. The Morgan fingerprint density at radius 1 is 0.459 bits per heavy atom. The van der Waals surface area contributed by atoms with Crippen LogP contribution in [0.1, 0.15) is 16.7 Å². The van der Waals surface area contributed by atoms with Crippen LogP contribution in [0.5, 0.6) is 17.2 Å². The molecule has 0 bridgehead atoms. The number of hydrogen-bond acceptors (Lipinski definition) is 6. The molecule has 3 aromatic heterocycles. The van der Waals surface area contributed by atoms with E-state index in [0.29, 0.717) is 17.2 Å². The van der Waals surface area contributed by atoms with Gasteiger partial charge in [0, 0.05) is 0 Å². The second-order valence-corrected chi connectivity index (χ2v) is 11.7. The number of nitrogens with zero attached hydrogens (tertiary/aromatic N) is 3. The number of hydrogen-bond donors (Lipinski definition) is 0. The van der Waals surface area contributed by atoms with Gasteiger partial charge in [0.1, 0.15) is 0 Å². The third-order valence-corrected chi connectivity index (χ3v) is 9.34. The van der Waals surface area contributed by atoms with Crippen molar-refractivity contribution in [2.45, 2.75) is 20.8 Å². The van der Waals surface area contributed by atoms with Crippen LogP contribution >= 0.6 is 0 Å². The molecule has 0 N–H and O–H groups in total. The van der Waals surface area contributed by atoms with Gasteiger partial charge in [-0.15, -0.1) is 0 Å². The van der Waals surface area contributed by atoms with E-state index in [0.717, 1.165) is 49.4 Å². The second-order valence-electron chi connectivity index (χ2n) is 8.98. The van der Waals surface area contributed by atoms with Gasteiger partial charge in [-0.2, -0.15) is 0 Å². The molecule has 0 aliphatic carbocycles. The van der Waals surface area contributed by atoms with Crippen molar-refractivity contribution in [2.24, 2.45) is 0 Å². The summed E-state index contributed by atoms with van der Waals surface area (Å²) in [5, 5.41) is 3.10. The molecule has 0 amide bonds. The van der Waals surface area contributed by atoms with Crippen LogP contribution in [0.2, 0.25) is 0 Å². The van der Waals surface area contributed by atoms with E-state index in [1.807, 2.05) is 72.8 Å². The van der Waals surface area contributed by atoms with Crippen molar-refractivity contribution >= 4 is 50.0 Å². The van der Waals surface area contributed by atoms with Crippen molar-refractivity contribution in [3.05, 3.63) is 108 Å². The predicted octanol–water partition coefficient (Wildman–Crippen LogP) is 6.78. The van der Waals surface area contributed by atoms with Crippen LogP contribution in [-0.2, 0) is 0 Å². The fraction of sp³-hybridized carbons (Fsp3) is 0.100. The summed E-state index contributed by atoms with van der Waals surface area (Å²) < 4.78 is 19.7. The Labute approximate surface area is 221 Å². The zero-order valence-electron chi connectivity index (χ0n) is 20.8. The van der Waals surface area contributed by atoms with E-state index in [-0.39, 0.29) is 0 Å². The number of rotatable bonds is 6. The summed E-state index contributed by atoms with van der Waals surface area (Å²) in [7, 11) is 0. The van der Waals surface area contributed by atoms with Gasteiger partial charge in [0.25, 0.3) is 0 Å². The summed E-state index contributed by atoms with van der Waals surface area (Å²) >= 11 is -3.52. The molecule has 0 fully saturated rings. The first-order chi connectivity index (χ1) is 18.1. The third-order valence-electron chi connectivity index (χ3n) is 6.53. The van der Waals surface area contributed by atoms with Crippen LogP contribution in [0.3, 0.4) is 0 Å². The molecule has 6 aromatic rings. The SMILES string of the molecule is Cc1ccnc2c([O][Ga]([O]c3cccc4c(C)ccnc34)[O]c3cccc4c(C)ccnc34)cccc12. The van der Waals surface area contributed by atoms with Gasteiger partial charge in [0.2, 0.25) is 0 Å². The summed E-state index contributed by atoms with van der Waals surface area (Å²) in [5.41, 5.74) is 5.73. The molecule has 0 saturated heterocycles. The normalized spacial score (nSPS) is 11.1. The van der Waals surface area contributed by atoms with Gasteiger partial charge in [-0.1, -0.05) is 0 Å². The molecule has 37 heavy (non-hydrogen) atoms. The van der Waals surface area contributed by atoms with Gasteiger partial charge in [-0.25, -0.2) is 0 Å². The Balaban J connectivity index is 1.45. The van der Waals surface area contributed by atoms with Crippen LogP contribution in [0.4, 0.5) is 0 Å². The van der Waals surface area contributed by atoms with Crippen molar-refractivity contribution < 1.29 is 10.6 Å². The Bertz CT molecular complexity index is 1570. The third kappa shape index (κ3) is 4.48. The fourth-order valence-electron chi connectivity index (χ4n) is 4.53. The van der Waals surface area contributed by atoms with Crippen LogP contribution < -0.4 is 10.6 Å². The van der Waals surface area contributed by atoms with E-state index in [1.165, 1.54) is 0 Å². The van der Waals surface area contributed by atoms with Crippen molar-refractivity contribution in [1.82, 2.24) is 15.0 Å². The molecule has 3 aromatic carbocycles. The number of aryl methyl sites for hydroxylation is 3. The molecule has 0 atom stereocenters. The predicted molar refractivity (Wildman–Crippen MR) is 147 cm³/mol. The first-order valence-electron chi connectivity index (χ1n) is 12.1. The van der Waals surface area contributed by atoms with Gasteiger partial charge < -0.3 is 0 Å². The number of pyridine rings is 3. The van der Waals surface area contributed by atoms with Crippen LogP contribution in [0.15, 0.2) is 91.4 Å². The molecule has 0 unspecified atom stereocenters. The summed E-state index contributed by atoms with van der Waals surface area (Å²) in [6, 6.07) is 23.8. The number of fused-ring (bicyclic) bond motifs is 3. The molecular formula is C30H24GaN3O3. The summed E-state index contributed by atoms with van der Waals surface area (Å²) in [6.45, 7) is 6.19. The zero-order chi connectivity index (χ0) is 25.4. The maximum atomic E-state index is 6.57. The summed E-state index contributed by atoms with van der Waals surface area (Å²) in [6.07, 6.45) is 5.38. The topological polar surface area (TPSA) is 66.4 Å². The monoisotopic (exact) mass is 543 g/mol. The van der Waals surface area contributed by atoms with E-state index in [2.05, 4.69) is 35.7 Å². The number of aromatic nitrogens is 3. The molecule has 0 radical (unpaired) electrons. The van der Waals surface area contributed by atoms with Crippen molar-refractivity contribution in [3.8, 4) is 17.2 Å². The Morgan fingerprint density at radius 3 is 1.11 bits per heavy atom. The molecule has 3 heterocycles. The Kier molecular flexibility index (Phi) is 6.16. The van der Waals surface area contributed by atoms with Crippen molar-refractivity contribution in [2.75, 3.05) is 0 Å². The maximum absolute atomic E-state index is 6.57. The molecular weight excluding hydrogens is 520 g/mol. The standard InChI is InChI=1S/3C10H9NO.Ga/c3*1-7-5-6-11-10-8(7)3-2-4-9(10)12;/h3*2-6,12H,1H3;/q;;;+3/p-3. The van der Waals surface area contributed by atoms with Gasteiger partial charge in [0.15, 0.2) is 0 Å². The Hall–Kier alpha value is -4.07. The van der Waals surface area contributed by atoms with E-state index >= 15 is 0 Å². The van der Waals surface area contributed by atoms with E-state index < -0.39 is 17.3 Å². The van der Waals surface area contributed by atoms with Crippen LogP contribution in [0, 0.1) is 20.8 Å². The number of para-hydroxylation sites is 3. The van der Waals surface area contributed by atoms with E-state index in [9.17, 15) is 0 Å². The minimum absolute atomic E-state index is 0.639. The van der Waals surface area contributed by atoms with E-state index in [4.69, 9.17) is 10.6 Å². The molecule has 7 heteroatoms. The van der Waals surface area contributed by atoms with Gasteiger partial charge >= 0.3 is 222 Å². The first-order valence-corrected chi connectivity index (χ1v) is 15.1. The van der Waals surface area contributed by atoms with Gasteiger partial charge in [-0.3, -0.25) is 0 Å². The van der Waals surface area contributed by atoms with Gasteiger partial charge in [0.05, 0.1) is 0 Å². The average Bonchev–Trinajstić information content (AvgIpc) is 2.90. The summed E-state index contributed by atoms with van der Waals surface area (Å²) in [5.74, 6) is 1.92. The molecule has 0 aliphatic heterocycles. The quantitative estimate of drug-likeness (QED) is 0.216. The molecule has 0 aliphatic rings. The van der Waals surface area contributed by atoms with Crippen LogP contribution in [-0.4, -0.2) is 32.3 Å². The zero-order valence-corrected chi connectivity index (χ0v) is 23.2. The molecule has 180 valence electrons. The molecule has 0 spiro atoms. The van der Waals surface area contributed by atoms with Crippen molar-refractivity contribution in [3.63, 3.8) is 0 Å².